The fourth-order valence-corrected chi connectivity index (χ4v) is 4.92. The highest BCUT2D eigenvalue weighted by Crippen LogP contribution is 2.38. The molecule has 5 aromatic carbocycles. The average molecular weight is 490 g/mol. The van der Waals surface area contributed by atoms with Crippen molar-refractivity contribution >= 4 is 27.8 Å². The van der Waals surface area contributed by atoms with Crippen molar-refractivity contribution in [2.24, 2.45) is 0 Å². The molecule has 0 spiro atoms. The molecule has 0 saturated carbocycles. The molecule has 3 nitrogen and oxygen atoms in total. The van der Waals surface area contributed by atoms with E-state index in [1.807, 2.05) is 65.2 Å². The smallest absolute Gasteiger partial charge is 0.339 e. The molecule has 0 radical (unpaired) electrons. The fourth-order valence-electron chi connectivity index (χ4n) is 4.92. The van der Waals surface area contributed by atoms with Crippen LogP contribution in [0.5, 0.6) is 0 Å². The van der Waals surface area contributed by atoms with Crippen LogP contribution in [0.4, 0.5) is 8.78 Å². The van der Waals surface area contributed by atoms with E-state index in [0.717, 1.165) is 44.1 Å². The maximum atomic E-state index is 14.0. The number of benzene rings is 5. The number of rotatable bonds is 4. The third-order valence-electron chi connectivity index (χ3n) is 6.63. The van der Waals surface area contributed by atoms with E-state index in [-0.39, 0.29) is 11.6 Å². The van der Waals surface area contributed by atoms with Gasteiger partial charge in [0.2, 0.25) is 0 Å². The number of para-hydroxylation sites is 1. The standard InChI is InChI=1S/C32H21F2NO2/c1-37-32(36)28-10-2-3-11-29(28)35-30-18-22(20-6-4-8-24(33)16-20)12-14-26(30)27-15-13-23(19-31(27)35)21-7-5-9-25(34)17-21/h2-19H,1H3. The van der Waals surface area contributed by atoms with Crippen LogP contribution in [0.25, 0.3) is 49.7 Å². The second-order valence-corrected chi connectivity index (χ2v) is 8.83. The lowest BCUT2D eigenvalue weighted by atomic mass is 10.0. The zero-order chi connectivity index (χ0) is 25.5. The molecule has 5 heteroatoms. The third-order valence-corrected chi connectivity index (χ3v) is 6.63. The van der Waals surface area contributed by atoms with E-state index in [0.29, 0.717) is 11.3 Å². The van der Waals surface area contributed by atoms with Gasteiger partial charge in [0, 0.05) is 10.8 Å². The number of esters is 1. The first-order valence-electron chi connectivity index (χ1n) is 11.8. The van der Waals surface area contributed by atoms with Gasteiger partial charge in [-0.1, -0.05) is 60.7 Å². The van der Waals surface area contributed by atoms with Crippen molar-refractivity contribution in [3.63, 3.8) is 0 Å². The molecule has 0 N–H and O–H groups in total. The van der Waals surface area contributed by atoms with E-state index in [9.17, 15) is 13.6 Å². The van der Waals surface area contributed by atoms with Crippen LogP contribution in [0.15, 0.2) is 109 Å². The minimum Gasteiger partial charge on any atom is -0.465 e. The number of hydrogen-bond acceptors (Lipinski definition) is 2. The molecule has 0 saturated heterocycles. The quantitative estimate of drug-likeness (QED) is 0.234. The minimum atomic E-state index is -0.451. The number of carbonyl (C=O) groups is 1. The van der Waals surface area contributed by atoms with Crippen molar-refractivity contribution in [1.29, 1.82) is 0 Å². The Labute approximate surface area is 212 Å². The average Bonchev–Trinajstić information content (AvgIpc) is 3.25. The van der Waals surface area contributed by atoms with E-state index in [1.165, 1.54) is 31.4 Å². The predicted octanol–water partition coefficient (Wildman–Crippen LogP) is 8.18. The van der Waals surface area contributed by atoms with Gasteiger partial charge in [0.25, 0.3) is 0 Å². The van der Waals surface area contributed by atoms with Gasteiger partial charge >= 0.3 is 5.97 Å². The molecular weight excluding hydrogens is 468 g/mol. The first-order valence-corrected chi connectivity index (χ1v) is 11.8. The molecule has 1 aromatic heterocycles. The lowest BCUT2D eigenvalue weighted by Gasteiger charge is -2.13. The van der Waals surface area contributed by atoms with Gasteiger partial charge in [-0.15, -0.1) is 0 Å². The zero-order valence-electron chi connectivity index (χ0n) is 19.9. The molecule has 0 aliphatic rings. The Balaban J connectivity index is 1.70. The van der Waals surface area contributed by atoms with Crippen LogP contribution in [0.3, 0.4) is 0 Å². The first kappa shape index (κ1) is 22.7. The summed E-state index contributed by atoms with van der Waals surface area (Å²) in [5, 5.41) is 1.95. The van der Waals surface area contributed by atoms with Gasteiger partial charge in [-0.3, -0.25) is 0 Å². The topological polar surface area (TPSA) is 31.2 Å². The van der Waals surface area contributed by atoms with Gasteiger partial charge in [-0.2, -0.15) is 0 Å². The van der Waals surface area contributed by atoms with Crippen LogP contribution >= 0.6 is 0 Å². The Morgan fingerprint density at radius 1 is 0.622 bits per heavy atom. The summed E-state index contributed by atoms with van der Waals surface area (Å²) in [5.41, 5.74) is 5.96. The Hall–Kier alpha value is -4.77. The summed E-state index contributed by atoms with van der Waals surface area (Å²) in [6.45, 7) is 0. The summed E-state index contributed by atoms with van der Waals surface area (Å²) >= 11 is 0. The predicted molar refractivity (Wildman–Crippen MR) is 143 cm³/mol. The summed E-state index contributed by atoms with van der Waals surface area (Å²) in [5.74, 6) is -1.07. The summed E-state index contributed by atoms with van der Waals surface area (Å²) < 4.78 is 35.1. The molecule has 37 heavy (non-hydrogen) atoms. The molecule has 6 rings (SSSR count). The van der Waals surface area contributed by atoms with Crippen LogP contribution in [0.1, 0.15) is 10.4 Å². The van der Waals surface area contributed by atoms with Gasteiger partial charge in [0.15, 0.2) is 0 Å². The number of fused-ring (bicyclic) bond motifs is 3. The normalized spacial score (nSPS) is 11.2. The molecule has 180 valence electrons. The number of carbonyl (C=O) groups excluding carboxylic acids is 1. The molecule has 0 unspecified atom stereocenters. The van der Waals surface area contributed by atoms with Gasteiger partial charge in [0.05, 0.1) is 29.4 Å². The lowest BCUT2D eigenvalue weighted by molar-refractivity contribution is 0.0601. The number of aromatic nitrogens is 1. The third kappa shape index (κ3) is 3.95. The monoisotopic (exact) mass is 489 g/mol. The Bertz CT molecular complexity index is 1720. The highest BCUT2D eigenvalue weighted by molar-refractivity contribution is 6.12. The molecular formula is C32H21F2NO2. The molecule has 0 atom stereocenters. The van der Waals surface area contributed by atoms with Crippen molar-refractivity contribution in [2.45, 2.75) is 0 Å². The lowest BCUT2D eigenvalue weighted by Crippen LogP contribution is -2.07. The number of halogens is 2. The Morgan fingerprint density at radius 3 is 1.65 bits per heavy atom. The van der Waals surface area contributed by atoms with E-state index in [4.69, 9.17) is 4.74 Å². The van der Waals surface area contributed by atoms with Crippen molar-refractivity contribution in [3.8, 4) is 27.9 Å². The summed E-state index contributed by atoms with van der Waals surface area (Å²) in [7, 11) is 1.36. The van der Waals surface area contributed by atoms with E-state index >= 15 is 0 Å². The largest absolute Gasteiger partial charge is 0.465 e. The van der Waals surface area contributed by atoms with Crippen molar-refractivity contribution in [1.82, 2.24) is 4.57 Å². The summed E-state index contributed by atoms with van der Waals surface area (Å²) in [4.78, 5) is 12.7. The molecule has 6 aromatic rings. The molecule has 0 aliphatic heterocycles. The highest BCUT2D eigenvalue weighted by Gasteiger charge is 2.19. The minimum absolute atomic E-state index is 0.311. The van der Waals surface area contributed by atoms with Crippen molar-refractivity contribution in [2.75, 3.05) is 7.11 Å². The van der Waals surface area contributed by atoms with Crippen molar-refractivity contribution < 1.29 is 18.3 Å². The van der Waals surface area contributed by atoms with E-state index in [1.54, 1.807) is 24.3 Å². The molecule has 0 amide bonds. The van der Waals surface area contributed by atoms with E-state index < -0.39 is 5.97 Å². The number of nitrogens with zero attached hydrogens (tertiary/aromatic N) is 1. The number of hydrogen-bond donors (Lipinski definition) is 0. The van der Waals surface area contributed by atoms with Gasteiger partial charge in [-0.05, 0) is 70.8 Å². The molecule has 0 bridgehead atoms. The molecule has 0 aliphatic carbocycles. The zero-order valence-corrected chi connectivity index (χ0v) is 19.9. The summed E-state index contributed by atoms with van der Waals surface area (Å²) in [6.07, 6.45) is 0. The van der Waals surface area contributed by atoms with Gasteiger partial charge < -0.3 is 9.30 Å². The van der Waals surface area contributed by atoms with Crippen LogP contribution in [0, 0.1) is 11.6 Å². The fraction of sp³-hybridized carbons (Fsp3) is 0.0312. The first-order chi connectivity index (χ1) is 18.0. The van der Waals surface area contributed by atoms with Crippen molar-refractivity contribution in [3.05, 3.63) is 126 Å². The number of methoxy groups -OCH3 is 1. The van der Waals surface area contributed by atoms with Gasteiger partial charge in [0.1, 0.15) is 11.6 Å². The maximum absolute atomic E-state index is 14.0. The number of ether oxygens (including phenoxy) is 1. The van der Waals surface area contributed by atoms with Crippen LogP contribution in [-0.4, -0.2) is 17.6 Å². The SMILES string of the molecule is COC(=O)c1ccccc1-n1c2cc(-c3cccc(F)c3)ccc2c2ccc(-c3cccc(F)c3)cc21. The second kappa shape index (κ2) is 9.03. The second-order valence-electron chi connectivity index (χ2n) is 8.83. The van der Waals surface area contributed by atoms with Crippen LogP contribution in [0.2, 0.25) is 0 Å². The highest BCUT2D eigenvalue weighted by atomic mass is 19.1. The Kier molecular flexibility index (Phi) is 5.53. The Morgan fingerprint density at radius 2 is 1.14 bits per heavy atom. The van der Waals surface area contributed by atoms with E-state index in [2.05, 4.69) is 0 Å². The molecule has 1 heterocycles. The van der Waals surface area contributed by atoms with Gasteiger partial charge in [-0.25, -0.2) is 13.6 Å². The summed E-state index contributed by atoms with van der Waals surface area (Å²) in [6, 6.07) is 32.1. The molecule has 0 fully saturated rings. The van der Waals surface area contributed by atoms with Crippen LogP contribution in [-0.2, 0) is 4.74 Å². The maximum Gasteiger partial charge on any atom is 0.339 e. The van der Waals surface area contributed by atoms with Crippen LogP contribution < -0.4 is 0 Å².